The van der Waals surface area contributed by atoms with Crippen LogP contribution in [-0.4, -0.2) is 32.1 Å². The summed E-state index contributed by atoms with van der Waals surface area (Å²) >= 11 is 0. The summed E-state index contributed by atoms with van der Waals surface area (Å²) in [6.07, 6.45) is 3.68. The van der Waals surface area contributed by atoms with Gasteiger partial charge in [-0.15, -0.1) is 0 Å². The molecule has 0 aliphatic carbocycles. The SMILES string of the molecule is CC.CCC.CCN(C)CCCc1ccc(CNC)cc1.[HH]. The molecule has 0 atom stereocenters. The molecular weight excluding hydrogens is 256 g/mol. The fourth-order valence-electron chi connectivity index (χ4n) is 1.74. The molecule has 0 aliphatic rings. The predicted octanol–water partition coefficient (Wildman–Crippen LogP) is 4.98. The molecule has 0 unspecified atom stereocenters. The van der Waals surface area contributed by atoms with Gasteiger partial charge in [-0.3, -0.25) is 0 Å². The van der Waals surface area contributed by atoms with Crippen LogP contribution in [0.15, 0.2) is 24.3 Å². The minimum Gasteiger partial charge on any atom is -0.316 e. The van der Waals surface area contributed by atoms with Crippen molar-refractivity contribution in [1.29, 1.82) is 0 Å². The molecule has 0 saturated carbocycles. The molecule has 2 nitrogen and oxygen atoms in total. The van der Waals surface area contributed by atoms with Crippen molar-refractivity contribution in [2.75, 3.05) is 27.2 Å². The molecule has 0 amide bonds. The Bertz CT molecular complexity index is 299. The lowest BCUT2D eigenvalue weighted by atomic mass is 10.1. The molecule has 2 heteroatoms. The van der Waals surface area contributed by atoms with Crippen LogP contribution < -0.4 is 5.32 Å². The first kappa shape index (κ1) is 22.4. The monoisotopic (exact) mass is 296 g/mol. The minimum atomic E-state index is 0. The Balaban J connectivity index is -0.000000536. The molecule has 1 aromatic rings. The van der Waals surface area contributed by atoms with Gasteiger partial charge in [-0.1, -0.05) is 65.3 Å². The van der Waals surface area contributed by atoms with E-state index in [1.807, 2.05) is 20.9 Å². The van der Waals surface area contributed by atoms with Crippen LogP contribution in [0.5, 0.6) is 0 Å². The normalized spacial score (nSPS) is 9.52. The van der Waals surface area contributed by atoms with Crippen molar-refractivity contribution in [1.82, 2.24) is 10.2 Å². The fourth-order valence-corrected chi connectivity index (χ4v) is 1.74. The lowest BCUT2D eigenvalue weighted by molar-refractivity contribution is 0.347. The van der Waals surface area contributed by atoms with E-state index in [1.54, 1.807) is 0 Å². The third kappa shape index (κ3) is 13.9. The molecule has 0 saturated heterocycles. The third-order valence-corrected chi connectivity index (χ3v) is 2.95. The van der Waals surface area contributed by atoms with Crippen LogP contribution in [-0.2, 0) is 13.0 Å². The molecule has 126 valence electrons. The molecule has 1 aromatic carbocycles. The molecule has 0 fully saturated rings. The number of nitrogens with zero attached hydrogens (tertiary/aromatic N) is 1. The molecule has 0 aliphatic heterocycles. The van der Waals surface area contributed by atoms with Crippen LogP contribution in [0, 0.1) is 0 Å². The largest absolute Gasteiger partial charge is 0.316 e. The van der Waals surface area contributed by atoms with Crippen LogP contribution in [0.3, 0.4) is 0 Å². The lowest BCUT2D eigenvalue weighted by Gasteiger charge is -2.13. The standard InChI is InChI=1S/C14H24N2.C3H8.C2H6.H2/c1-4-16(3)11-5-6-13-7-9-14(10-8-13)12-15-2;1-3-2;1-2;/h7-10,15H,4-6,11-12H2,1-3H3;3H2,1-2H3;1-2H3;1H. The van der Waals surface area contributed by atoms with Crippen LogP contribution in [0.25, 0.3) is 0 Å². The first-order chi connectivity index (χ1) is 10.2. The summed E-state index contributed by atoms with van der Waals surface area (Å²) in [5, 5.41) is 3.16. The summed E-state index contributed by atoms with van der Waals surface area (Å²) < 4.78 is 0. The Kier molecular flexibility index (Phi) is 18.4. The maximum atomic E-state index is 3.16. The minimum absolute atomic E-state index is 0. The van der Waals surface area contributed by atoms with E-state index in [0.29, 0.717) is 0 Å². The highest BCUT2D eigenvalue weighted by atomic mass is 15.1. The average molecular weight is 297 g/mol. The molecule has 0 radical (unpaired) electrons. The van der Waals surface area contributed by atoms with Crippen molar-refractivity contribution in [3.8, 4) is 0 Å². The second kappa shape index (κ2) is 17.2. The van der Waals surface area contributed by atoms with E-state index in [4.69, 9.17) is 0 Å². The van der Waals surface area contributed by atoms with Crippen LogP contribution in [0.2, 0.25) is 0 Å². The molecule has 0 aromatic heterocycles. The first-order valence-corrected chi connectivity index (χ1v) is 8.58. The van der Waals surface area contributed by atoms with E-state index in [-0.39, 0.29) is 1.43 Å². The Labute approximate surface area is 135 Å². The second-order valence-corrected chi connectivity index (χ2v) is 5.05. The highest BCUT2D eigenvalue weighted by molar-refractivity contribution is 5.22. The molecular formula is C19H40N2. The van der Waals surface area contributed by atoms with Crippen LogP contribution in [0.1, 0.15) is 60.0 Å². The van der Waals surface area contributed by atoms with Crippen LogP contribution >= 0.6 is 0 Å². The summed E-state index contributed by atoms with van der Waals surface area (Å²) in [7, 11) is 4.16. The summed E-state index contributed by atoms with van der Waals surface area (Å²) in [5.74, 6) is 0. The Morgan fingerprint density at radius 1 is 1.00 bits per heavy atom. The zero-order chi connectivity index (χ0) is 16.5. The van der Waals surface area contributed by atoms with Gasteiger partial charge in [0.25, 0.3) is 0 Å². The number of hydrogen-bond acceptors (Lipinski definition) is 2. The highest BCUT2D eigenvalue weighted by Gasteiger charge is 1.97. The fraction of sp³-hybridized carbons (Fsp3) is 0.684. The number of benzene rings is 1. The van der Waals surface area contributed by atoms with Gasteiger partial charge in [0.05, 0.1) is 0 Å². The zero-order valence-corrected chi connectivity index (χ0v) is 15.5. The van der Waals surface area contributed by atoms with Crippen molar-refractivity contribution in [2.45, 2.75) is 60.4 Å². The molecule has 1 N–H and O–H groups in total. The van der Waals surface area contributed by atoms with Gasteiger partial charge in [-0.05, 0) is 51.2 Å². The Hall–Kier alpha value is -0.860. The number of nitrogens with one attached hydrogen (secondary N) is 1. The van der Waals surface area contributed by atoms with Gasteiger partial charge >= 0.3 is 0 Å². The molecule has 0 spiro atoms. The maximum absolute atomic E-state index is 3.16. The zero-order valence-electron chi connectivity index (χ0n) is 15.5. The van der Waals surface area contributed by atoms with E-state index in [2.05, 4.69) is 62.3 Å². The maximum Gasteiger partial charge on any atom is 0.0202 e. The van der Waals surface area contributed by atoms with Crippen molar-refractivity contribution in [3.63, 3.8) is 0 Å². The molecule has 0 bridgehead atoms. The van der Waals surface area contributed by atoms with Crippen LogP contribution in [0.4, 0.5) is 0 Å². The van der Waals surface area contributed by atoms with E-state index >= 15 is 0 Å². The van der Waals surface area contributed by atoms with E-state index < -0.39 is 0 Å². The molecule has 1 rings (SSSR count). The van der Waals surface area contributed by atoms with Gasteiger partial charge in [0, 0.05) is 7.97 Å². The Morgan fingerprint density at radius 3 is 1.90 bits per heavy atom. The Morgan fingerprint density at radius 2 is 1.48 bits per heavy atom. The summed E-state index contributed by atoms with van der Waals surface area (Å²) in [6.45, 7) is 13.7. The van der Waals surface area contributed by atoms with E-state index in [1.165, 1.54) is 36.9 Å². The van der Waals surface area contributed by atoms with Crippen molar-refractivity contribution < 1.29 is 1.43 Å². The molecule has 0 heterocycles. The van der Waals surface area contributed by atoms with Gasteiger partial charge in [0.15, 0.2) is 0 Å². The average Bonchev–Trinajstić information content (AvgIpc) is 2.52. The van der Waals surface area contributed by atoms with Gasteiger partial charge in [-0.2, -0.15) is 0 Å². The predicted molar refractivity (Wildman–Crippen MR) is 100 cm³/mol. The summed E-state index contributed by atoms with van der Waals surface area (Å²) in [5.41, 5.74) is 2.81. The topological polar surface area (TPSA) is 15.3 Å². The van der Waals surface area contributed by atoms with Gasteiger partial charge in [-0.25, -0.2) is 0 Å². The van der Waals surface area contributed by atoms with E-state index in [9.17, 15) is 0 Å². The summed E-state index contributed by atoms with van der Waals surface area (Å²) in [6, 6.07) is 8.93. The van der Waals surface area contributed by atoms with Gasteiger partial charge < -0.3 is 10.2 Å². The first-order valence-electron chi connectivity index (χ1n) is 8.58. The molecule has 21 heavy (non-hydrogen) atoms. The number of rotatable bonds is 7. The highest BCUT2D eigenvalue weighted by Crippen LogP contribution is 2.07. The lowest BCUT2D eigenvalue weighted by Crippen LogP contribution is -2.19. The number of hydrogen-bond donors (Lipinski definition) is 1. The van der Waals surface area contributed by atoms with Crippen molar-refractivity contribution in [2.24, 2.45) is 0 Å². The second-order valence-electron chi connectivity index (χ2n) is 5.05. The number of aryl methyl sites for hydroxylation is 1. The smallest absolute Gasteiger partial charge is 0.0202 e. The van der Waals surface area contributed by atoms with Crippen molar-refractivity contribution in [3.05, 3.63) is 35.4 Å². The quantitative estimate of drug-likeness (QED) is 0.763. The van der Waals surface area contributed by atoms with Gasteiger partial charge in [0.2, 0.25) is 0 Å². The van der Waals surface area contributed by atoms with E-state index in [0.717, 1.165) is 13.1 Å². The van der Waals surface area contributed by atoms with Crippen molar-refractivity contribution >= 4 is 0 Å². The van der Waals surface area contributed by atoms with Gasteiger partial charge in [0.1, 0.15) is 0 Å². The summed E-state index contributed by atoms with van der Waals surface area (Å²) in [4.78, 5) is 2.36. The third-order valence-electron chi connectivity index (χ3n) is 2.95.